The highest BCUT2D eigenvalue weighted by atomic mass is 19.1. The van der Waals surface area contributed by atoms with Crippen LogP contribution in [0.4, 0.5) is 10.2 Å². The van der Waals surface area contributed by atoms with Crippen LogP contribution < -0.4 is 21.9 Å². The molecule has 1 saturated heterocycles. The maximum absolute atomic E-state index is 14.5. The standard InChI is InChI=1S/C21H23FN4O4/c1-2-3-10-25-17(24-9-5-7-15(23)13-24)11-18(27)26(21(25)30)12-14-6-4-8-16(19(14)22)20(28)29/h4,6,8,11,15H,5,7,9-10,12-13,23H2,1H3,(H,28,29)/t15-/m1/s1. The first-order valence-corrected chi connectivity index (χ1v) is 9.59. The largest absolute Gasteiger partial charge is 0.478 e. The van der Waals surface area contributed by atoms with Gasteiger partial charge in [-0.1, -0.05) is 18.1 Å². The number of carboxylic acids is 1. The number of benzene rings is 1. The Labute approximate surface area is 172 Å². The molecule has 9 heteroatoms. The van der Waals surface area contributed by atoms with Crippen molar-refractivity contribution in [1.29, 1.82) is 0 Å². The monoisotopic (exact) mass is 414 g/mol. The van der Waals surface area contributed by atoms with Crippen molar-refractivity contribution in [3.63, 3.8) is 0 Å². The van der Waals surface area contributed by atoms with Crippen molar-refractivity contribution in [2.45, 2.75) is 38.9 Å². The van der Waals surface area contributed by atoms with Gasteiger partial charge in [0.05, 0.1) is 18.7 Å². The van der Waals surface area contributed by atoms with Crippen molar-refractivity contribution in [1.82, 2.24) is 9.13 Å². The summed E-state index contributed by atoms with van der Waals surface area (Å²) in [5.41, 5.74) is 4.23. The van der Waals surface area contributed by atoms with Gasteiger partial charge in [-0.2, -0.15) is 0 Å². The number of hydrogen-bond donors (Lipinski definition) is 2. The van der Waals surface area contributed by atoms with E-state index in [2.05, 4.69) is 11.8 Å². The first kappa shape index (κ1) is 21.3. The number of nitrogens with two attached hydrogens (primary N) is 1. The molecule has 3 rings (SSSR count). The van der Waals surface area contributed by atoms with Crippen LogP contribution in [0.2, 0.25) is 0 Å². The predicted octanol–water partition coefficient (Wildman–Crippen LogP) is 0.846. The number of carbonyl (C=O) groups is 1. The van der Waals surface area contributed by atoms with Crippen molar-refractivity contribution < 1.29 is 14.3 Å². The molecule has 0 radical (unpaired) electrons. The molecule has 30 heavy (non-hydrogen) atoms. The summed E-state index contributed by atoms with van der Waals surface area (Å²) >= 11 is 0. The molecule has 0 aliphatic carbocycles. The zero-order valence-electron chi connectivity index (χ0n) is 16.6. The summed E-state index contributed by atoms with van der Waals surface area (Å²) in [4.78, 5) is 39.0. The van der Waals surface area contributed by atoms with Crippen LogP contribution in [-0.2, 0) is 13.1 Å². The molecule has 1 aromatic carbocycles. The van der Waals surface area contributed by atoms with E-state index in [1.165, 1.54) is 22.8 Å². The molecule has 1 fully saturated rings. The Balaban J connectivity index is 2.09. The minimum Gasteiger partial charge on any atom is -0.478 e. The third-order valence-corrected chi connectivity index (χ3v) is 5.09. The quantitative estimate of drug-likeness (QED) is 0.702. The molecular formula is C21H23FN4O4. The van der Waals surface area contributed by atoms with Crippen LogP contribution in [0.1, 0.15) is 35.7 Å². The van der Waals surface area contributed by atoms with Crippen LogP contribution in [0.15, 0.2) is 33.9 Å². The van der Waals surface area contributed by atoms with E-state index in [9.17, 15) is 18.8 Å². The maximum Gasteiger partial charge on any atom is 0.338 e. The molecule has 1 atom stereocenters. The fraction of sp³-hybridized carbons (Fsp3) is 0.381. The summed E-state index contributed by atoms with van der Waals surface area (Å²) in [5.74, 6) is 3.60. The van der Waals surface area contributed by atoms with E-state index in [0.29, 0.717) is 18.9 Å². The summed E-state index contributed by atoms with van der Waals surface area (Å²) in [7, 11) is 0. The zero-order valence-corrected chi connectivity index (χ0v) is 16.6. The number of piperidine rings is 1. The van der Waals surface area contributed by atoms with Crippen LogP contribution in [-0.4, -0.2) is 39.3 Å². The van der Waals surface area contributed by atoms with E-state index in [1.807, 2.05) is 4.90 Å². The average Bonchev–Trinajstić information content (AvgIpc) is 2.71. The molecule has 3 N–H and O–H groups in total. The molecular weight excluding hydrogens is 391 g/mol. The van der Waals surface area contributed by atoms with E-state index in [0.717, 1.165) is 23.5 Å². The minimum atomic E-state index is -1.42. The average molecular weight is 414 g/mol. The number of hydrogen-bond acceptors (Lipinski definition) is 5. The van der Waals surface area contributed by atoms with Gasteiger partial charge in [0, 0.05) is 30.8 Å². The molecule has 2 heterocycles. The van der Waals surface area contributed by atoms with Gasteiger partial charge >= 0.3 is 11.7 Å². The molecule has 0 spiro atoms. The van der Waals surface area contributed by atoms with E-state index in [4.69, 9.17) is 10.8 Å². The number of rotatable bonds is 5. The lowest BCUT2D eigenvalue weighted by molar-refractivity contribution is 0.0691. The number of carboxylic acid groups (broad SMARTS) is 1. The lowest BCUT2D eigenvalue weighted by Gasteiger charge is -2.33. The summed E-state index contributed by atoms with van der Waals surface area (Å²) in [6.07, 6.45) is 1.71. The second kappa shape index (κ2) is 8.97. The molecule has 0 saturated carbocycles. The summed E-state index contributed by atoms with van der Waals surface area (Å²) in [5, 5.41) is 9.10. The molecule has 8 nitrogen and oxygen atoms in total. The summed E-state index contributed by atoms with van der Waals surface area (Å²) in [6, 6.07) is 5.12. The molecule has 0 amide bonds. The van der Waals surface area contributed by atoms with Crippen molar-refractivity contribution in [3.05, 3.63) is 62.0 Å². The van der Waals surface area contributed by atoms with Crippen molar-refractivity contribution in [2.24, 2.45) is 5.73 Å². The Hall–Kier alpha value is -3.38. The third kappa shape index (κ3) is 4.28. The molecule has 0 bridgehead atoms. The number of anilines is 1. The second-order valence-electron chi connectivity index (χ2n) is 7.15. The number of nitrogens with zero attached hydrogens (tertiary/aromatic N) is 3. The number of halogens is 1. The molecule has 0 unspecified atom stereocenters. The van der Waals surface area contributed by atoms with Gasteiger partial charge in [0.2, 0.25) is 0 Å². The van der Waals surface area contributed by atoms with Gasteiger partial charge in [-0.25, -0.2) is 14.0 Å². The third-order valence-electron chi connectivity index (χ3n) is 5.09. The normalized spacial score (nSPS) is 16.1. The first-order chi connectivity index (χ1) is 14.3. The van der Waals surface area contributed by atoms with Crippen LogP contribution in [0.25, 0.3) is 0 Å². The van der Waals surface area contributed by atoms with Gasteiger partial charge in [-0.3, -0.25) is 13.9 Å². The van der Waals surface area contributed by atoms with Gasteiger partial charge in [-0.05, 0) is 25.8 Å². The van der Waals surface area contributed by atoms with Crippen LogP contribution >= 0.6 is 0 Å². The zero-order chi connectivity index (χ0) is 21.8. The smallest absolute Gasteiger partial charge is 0.338 e. The highest BCUT2D eigenvalue weighted by Gasteiger charge is 2.22. The summed E-state index contributed by atoms with van der Waals surface area (Å²) < 4.78 is 16.8. The Morgan fingerprint density at radius 2 is 2.10 bits per heavy atom. The Morgan fingerprint density at radius 1 is 1.33 bits per heavy atom. The van der Waals surface area contributed by atoms with E-state index >= 15 is 0 Å². The highest BCUT2D eigenvalue weighted by Crippen LogP contribution is 2.18. The van der Waals surface area contributed by atoms with Crippen molar-refractivity contribution in [2.75, 3.05) is 18.0 Å². The number of aromatic nitrogens is 2. The Kier molecular flexibility index (Phi) is 6.37. The minimum absolute atomic E-state index is 0.0602. The highest BCUT2D eigenvalue weighted by molar-refractivity contribution is 5.88. The number of aromatic carboxylic acids is 1. The molecule has 158 valence electrons. The van der Waals surface area contributed by atoms with Gasteiger partial charge in [0.25, 0.3) is 5.56 Å². The SMILES string of the molecule is CC#CCn1c(N2CCC[C@@H](N)C2)cc(=O)n(Cc2cccc(C(=O)O)c2F)c1=O. The second-order valence-corrected chi connectivity index (χ2v) is 7.15. The van der Waals surface area contributed by atoms with Crippen molar-refractivity contribution in [3.8, 4) is 11.8 Å². The van der Waals surface area contributed by atoms with Crippen LogP contribution in [0, 0.1) is 17.7 Å². The van der Waals surface area contributed by atoms with Gasteiger partial charge < -0.3 is 15.7 Å². The predicted molar refractivity (Wildman–Crippen MR) is 110 cm³/mol. The fourth-order valence-electron chi connectivity index (χ4n) is 3.57. The first-order valence-electron chi connectivity index (χ1n) is 9.59. The lowest BCUT2D eigenvalue weighted by Crippen LogP contribution is -2.48. The molecule has 1 aliphatic rings. The van der Waals surface area contributed by atoms with Gasteiger partial charge in [0.1, 0.15) is 11.6 Å². The van der Waals surface area contributed by atoms with Crippen LogP contribution in [0.3, 0.4) is 0 Å². The molecule has 1 aromatic heterocycles. The van der Waals surface area contributed by atoms with Crippen molar-refractivity contribution >= 4 is 11.8 Å². The van der Waals surface area contributed by atoms with E-state index in [1.54, 1.807) is 6.92 Å². The lowest BCUT2D eigenvalue weighted by atomic mass is 10.1. The van der Waals surface area contributed by atoms with Gasteiger partial charge in [0.15, 0.2) is 0 Å². The van der Waals surface area contributed by atoms with E-state index in [-0.39, 0.29) is 24.7 Å². The van der Waals surface area contributed by atoms with E-state index < -0.39 is 28.6 Å². The fourth-order valence-corrected chi connectivity index (χ4v) is 3.57. The maximum atomic E-state index is 14.5. The molecule has 1 aliphatic heterocycles. The van der Waals surface area contributed by atoms with Gasteiger partial charge in [-0.15, -0.1) is 5.92 Å². The van der Waals surface area contributed by atoms with Crippen LogP contribution in [0.5, 0.6) is 0 Å². The topological polar surface area (TPSA) is 111 Å². The Morgan fingerprint density at radius 3 is 2.77 bits per heavy atom. The summed E-state index contributed by atoms with van der Waals surface area (Å²) in [6.45, 7) is 2.49. The molecule has 2 aromatic rings. The Bertz CT molecular complexity index is 1140.